The summed E-state index contributed by atoms with van der Waals surface area (Å²) in [6, 6.07) is 0. The van der Waals surface area contributed by atoms with Crippen molar-refractivity contribution < 1.29 is 18.3 Å². The van der Waals surface area contributed by atoms with E-state index in [2.05, 4.69) is 4.98 Å². The third kappa shape index (κ3) is 3.47. The molecule has 26 heavy (non-hydrogen) atoms. The molecule has 1 aliphatic heterocycles. The molecular formula is C17H22N2O6P+. The molecule has 3 atom stereocenters. The van der Waals surface area contributed by atoms with Crippen molar-refractivity contribution in [2.45, 2.75) is 57.0 Å². The minimum atomic E-state index is -2.20. The molecule has 0 radical (unpaired) electrons. The fraction of sp³-hybridized carbons (Fsp3) is 0.647. The maximum atomic E-state index is 12.2. The van der Waals surface area contributed by atoms with E-state index in [1.165, 1.54) is 10.8 Å². The van der Waals surface area contributed by atoms with E-state index >= 15 is 0 Å². The molecule has 0 saturated heterocycles. The Morgan fingerprint density at radius 2 is 2.12 bits per heavy atom. The molecule has 2 heterocycles. The summed E-state index contributed by atoms with van der Waals surface area (Å²) in [5.74, 6) is 0.708. The summed E-state index contributed by atoms with van der Waals surface area (Å²) < 4.78 is 30.3. The number of nitrogens with one attached hydrogen (secondary N) is 1. The molecule has 140 valence electrons. The fourth-order valence-electron chi connectivity index (χ4n) is 4.10. The quantitative estimate of drug-likeness (QED) is 0.600. The summed E-state index contributed by atoms with van der Waals surface area (Å²) in [5, 5.41) is 0. The van der Waals surface area contributed by atoms with Crippen LogP contribution < -0.4 is 11.2 Å². The predicted octanol–water partition coefficient (Wildman–Crippen LogP) is 2.32. The van der Waals surface area contributed by atoms with Crippen molar-refractivity contribution in [1.82, 2.24) is 9.55 Å². The van der Waals surface area contributed by atoms with Gasteiger partial charge >= 0.3 is 13.9 Å². The highest BCUT2D eigenvalue weighted by molar-refractivity contribution is 7.33. The van der Waals surface area contributed by atoms with Crippen molar-refractivity contribution in [2.75, 3.05) is 6.61 Å². The molecule has 1 aromatic rings. The Morgan fingerprint density at radius 1 is 1.35 bits per heavy atom. The SMILES string of the molecule is Cc1cn([C@H]2C=C[C@@H](CO[P+](=O)OC34CCC(CC3)C4)O2)c(=O)[nH]c1=O. The lowest BCUT2D eigenvalue weighted by Crippen LogP contribution is -2.33. The molecule has 0 spiro atoms. The number of fused-ring (bicyclic) bond motifs is 2. The smallest absolute Gasteiger partial charge is 0.344 e. The molecule has 8 nitrogen and oxygen atoms in total. The average Bonchev–Trinajstić information content (AvgIpc) is 3.32. The first kappa shape index (κ1) is 17.8. The van der Waals surface area contributed by atoms with E-state index in [1.807, 2.05) is 0 Å². The van der Waals surface area contributed by atoms with Crippen LogP contribution in [0.5, 0.6) is 0 Å². The van der Waals surface area contributed by atoms with Gasteiger partial charge in [0.1, 0.15) is 18.3 Å². The predicted molar refractivity (Wildman–Crippen MR) is 93.1 cm³/mol. The number of hydrogen-bond acceptors (Lipinski definition) is 6. The van der Waals surface area contributed by atoms with Crippen LogP contribution in [0, 0.1) is 12.8 Å². The molecule has 1 aromatic heterocycles. The Kier molecular flexibility index (Phi) is 4.69. The van der Waals surface area contributed by atoms with Gasteiger partial charge in [-0.05, 0) is 51.0 Å². The van der Waals surface area contributed by atoms with Crippen LogP contribution in [0.4, 0.5) is 0 Å². The van der Waals surface area contributed by atoms with Crippen LogP contribution in [0.15, 0.2) is 27.9 Å². The van der Waals surface area contributed by atoms with E-state index in [1.54, 1.807) is 19.1 Å². The Balaban J connectivity index is 1.30. The van der Waals surface area contributed by atoms with Gasteiger partial charge in [-0.15, -0.1) is 9.05 Å². The third-order valence-electron chi connectivity index (χ3n) is 5.51. The van der Waals surface area contributed by atoms with E-state index < -0.39 is 31.8 Å². The Labute approximate surface area is 151 Å². The van der Waals surface area contributed by atoms with Gasteiger partial charge in [-0.3, -0.25) is 14.3 Å². The molecule has 2 aliphatic carbocycles. The van der Waals surface area contributed by atoms with Crippen LogP contribution in [-0.4, -0.2) is 27.9 Å². The van der Waals surface area contributed by atoms with Gasteiger partial charge in [-0.1, -0.05) is 6.08 Å². The van der Waals surface area contributed by atoms with Crippen LogP contribution >= 0.6 is 8.25 Å². The monoisotopic (exact) mass is 381 g/mol. The average molecular weight is 381 g/mol. The number of hydrogen-bond donors (Lipinski definition) is 1. The number of aromatic nitrogens is 2. The van der Waals surface area contributed by atoms with Crippen molar-refractivity contribution >= 4 is 8.25 Å². The first-order valence-electron chi connectivity index (χ1n) is 8.89. The number of aromatic amines is 1. The maximum Gasteiger partial charge on any atom is 0.698 e. The van der Waals surface area contributed by atoms with Gasteiger partial charge in [0.05, 0.1) is 0 Å². The number of ether oxygens (including phenoxy) is 1. The second-order valence-electron chi connectivity index (χ2n) is 7.37. The van der Waals surface area contributed by atoms with Crippen molar-refractivity contribution in [3.05, 3.63) is 44.8 Å². The lowest BCUT2D eigenvalue weighted by atomic mass is 9.98. The molecule has 0 amide bonds. The molecular weight excluding hydrogens is 359 g/mol. The summed E-state index contributed by atoms with van der Waals surface area (Å²) in [7, 11) is -2.20. The maximum absolute atomic E-state index is 12.2. The summed E-state index contributed by atoms with van der Waals surface area (Å²) in [6.45, 7) is 1.70. The summed E-state index contributed by atoms with van der Waals surface area (Å²) in [6.07, 6.45) is 9.04. The Morgan fingerprint density at radius 3 is 2.81 bits per heavy atom. The fourth-order valence-corrected chi connectivity index (χ4v) is 5.00. The van der Waals surface area contributed by atoms with Gasteiger partial charge in [-0.25, -0.2) is 4.79 Å². The number of nitrogens with zero attached hydrogens (tertiary/aromatic N) is 1. The Bertz CT molecular complexity index is 852. The molecule has 1 unspecified atom stereocenters. The molecule has 2 saturated carbocycles. The molecule has 4 rings (SSSR count). The zero-order chi connectivity index (χ0) is 18.3. The standard InChI is InChI=1S/C17H21N2O6P/c1-11-9-19(16(21)18-15(11)20)14-3-2-13(24-14)10-23-26(22)25-17-6-4-12(8-17)5-7-17/h2-3,9,12-14H,4-8,10H2,1H3/p+1/t12?,13-,14+,17?/m0/s1. The number of aryl methyl sites for hydroxylation is 1. The largest absolute Gasteiger partial charge is 0.698 e. The molecule has 2 bridgehead atoms. The highest BCUT2D eigenvalue weighted by atomic mass is 31.1. The topological polar surface area (TPSA) is 99.6 Å². The number of rotatable bonds is 6. The third-order valence-corrected chi connectivity index (χ3v) is 6.41. The minimum Gasteiger partial charge on any atom is -0.344 e. The Hall–Kier alpha value is -1.60. The zero-order valence-electron chi connectivity index (χ0n) is 14.6. The van der Waals surface area contributed by atoms with Gasteiger partial charge < -0.3 is 4.74 Å². The van der Waals surface area contributed by atoms with Crippen LogP contribution in [0.1, 0.15) is 43.9 Å². The van der Waals surface area contributed by atoms with E-state index in [9.17, 15) is 14.2 Å². The van der Waals surface area contributed by atoms with Gasteiger partial charge in [-0.2, -0.15) is 0 Å². The van der Waals surface area contributed by atoms with Crippen LogP contribution in [-0.2, 0) is 18.3 Å². The molecule has 0 aromatic carbocycles. The molecule has 3 aliphatic rings. The highest BCUT2D eigenvalue weighted by Gasteiger charge is 2.52. The highest BCUT2D eigenvalue weighted by Crippen LogP contribution is 2.53. The van der Waals surface area contributed by atoms with Gasteiger partial charge in [0.25, 0.3) is 5.56 Å². The van der Waals surface area contributed by atoms with E-state index in [4.69, 9.17) is 13.8 Å². The van der Waals surface area contributed by atoms with Gasteiger partial charge in [0.2, 0.25) is 0 Å². The molecule has 9 heteroatoms. The van der Waals surface area contributed by atoms with Crippen molar-refractivity contribution in [2.24, 2.45) is 5.92 Å². The van der Waals surface area contributed by atoms with Gasteiger partial charge in [0.15, 0.2) is 6.23 Å². The molecule has 2 fully saturated rings. The number of H-pyrrole nitrogens is 1. The van der Waals surface area contributed by atoms with E-state index in [0.717, 1.165) is 32.1 Å². The summed E-state index contributed by atoms with van der Waals surface area (Å²) in [4.78, 5) is 25.6. The molecule has 1 N–H and O–H groups in total. The van der Waals surface area contributed by atoms with Crippen molar-refractivity contribution in [1.29, 1.82) is 0 Å². The summed E-state index contributed by atoms with van der Waals surface area (Å²) in [5.41, 5.74) is -0.790. The lowest BCUT2D eigenvalue weighted by molar-refractivity contribution is -0.0117. The normalized spacial score (nSPS) is 33.1. The van der Waals surface area contributed by atoms with Crippen LogP contribution in [0.2, 0.25) is 0 Å². The van der Waals surface area contributed by atoms with Crippen LogP contribution in [0.3, 0.4) is 0 Å². The minimum absolute atomic E-state index is 0.0821. The van der Waals surface area contributed by atoms with E-state index in [-0.39, 0.29) is 12.2 Å². The van der Waals surface area contributed by atoms with Crippen molar-refractivity contribution in [3.63, 3.8) is 0 Å². The lowest BCUT2D eigenvalue weighted by Gasteiger charge is -2.18. The zero-order valence-corrected chi connectivity index (χ0v) is 15.4. The summed E-state index contributed by atoms with van der Waals surface area (Å²) >= 11 is 0. The van der Waals surface area contributed by atoms with E-state index in [0.29, 0.717) is 11.5 Å². The first-order chi connectivity index (χ1) is 12.4. The first-order valence-corrected chi connectivity index (χ1v) is 9.99. The van der Waals surface area contributed by atoms with Crippen LogP contribution in [0.25, 0.3) is 0 Å². The van der Waals surface area contributed by atoms with Gasteiger partial charge in [0, 0.05) is 16.3 Å². The second kappa shape index (κ2) is 6.85. The second-order valence-corrected chi connectivity index (χ2v) is 8.26. The van der Waals surface area contributed by atoms with Crippen molar-refractivity contribution in [3.8, 4) is 0 Å².